The fourth-order valence-corrected chi connectivity index (χ4v) is 5.66. The minimum absolute atomic E-state index is 0.000239. The van der Waals surface area contributed by atoms with E-state index in [2.05, 4.69) is 15.5 Å². The van der Waals surface area contributed by atoms with Crippen LogP contribution in [0.25, 0.3) is 0 Å². The van der Waals surface area contributed by atoms with Crippen LogP contribution in [-0.4, -0.2) is 55.9 Å². The molecule has 0 unspecified atom stereocenters. The second kappa shape index (κ2) is 13.5. The van der Waals surface area contributed by atoms with Crippen LogP contribution in [-0.2, 0) is 11.3 Å². The van der Waals surface area contributed by atoms with E-state index in [1.165, 1.54) is 12.1 Å². The highest BCUT2D eigenvalue weighted by atomic mass is 19.1. The summed E-state index contributed by atoms with van der Waals surface area (Å²) >= 11 is 0. The number of benzene rings is 3. The lowest BCUT2D eigenvalue weighted by Crippen LogP contribution is -2.36. The molecule has 3 aromatic carbocycles. The van der Waals surface area contributed by atoms with Gasteiger partial charge in [-0.3, -0.25) is 14.4 Å². The zero-order valence-corrected chi connectivity index (χ0v) is 23.9. The summed E-state index contributed by atoms with van der Waals surface area (Å²) in [5.74, 6) is 0.0181. The molecule has 0 radical (unpaired) electrons. The van der Waals surface area contributed by atoms with Gasteiger partial charge in [-0.1, -0.05) is 25.0 Å². The molecule has 0 bridgehead atoms. The normalized spacial score (nSPS) is 15.7. The van der Waals surface area contributed by atoms with Crippen LogP contribution in [0.3, 0.4) is 0 Å². The van der Waals surface area contributed by atoms with Crippen LogP contribution in [0, 0.1) is 11.7 Å². The van der Waals surface area contributed by atoms with E-state index in [0.717, 1.165) is 43.4 Å². The van der Waals surface area contributed by atoms with Gasteiger partial charge in [0.1, 0.15) is 11.6 Å². The number of methoxy groups -OCH3 is 1. The van der Waals surface area contributed by atoms with E-state index in [0.29, 0.717) is 48.7 Å². The fourth-order valence-electron chi connectivity index (χ4n) is 5.66. The van der Waals surface area contributed by atoms with E-state index in [-0.39, 0.29) is 36.0 Å². The standard InChI is InChI=1S/C33H37FN4O4/c1-42-28-14-9-25(10-15-28)33(41)38-18-4-17-37(19-20-38)30-16-13-27(36-31(39)24-5-2-3-6-24)21-29(30)32(40)35-22-23-7-11-26(34)12-8-23/h7-16,21,24H,2-6,17-20,22H2,1H3,(H,35,40)(H,36,39). The summed E-state index contributed by atoms with van der Waals surface area (Å²) in [5.41, 5.74) is 3.14. The third-order valence-corrected chi connectivity index (χ3v) is 8.06. The predicted molar refractivity (Wildman–Crippen MR) is 160 cm³/mol. The van der Waals surface area contributed by atoms with Crippen LogP contribution < -0.4 is 20.3 Å². The number of carbonyl (C=O) groups excluding carboxylic acids is 3. The minimum atomic E-state index is -0.334. The van der Waals surface area contributed by atoms with Crippen LogP contribution in [0.15, 0.2) is 66.7 Å². The van der Waals surface area contributed by atoms with Gasteiger partial charge in [0.2, 0.25) is 5.91 Å². The van der Waals surface area contributed by atoms with Gasteiger partial charge in [-0.05, 0) is 79.4 Å². The highest BCUT2D eigenvalue weighted by Crippen LogP contribution is 2.29. The lowest BCUT2D eigenvalue weighted by Gasteiger charge is -2.26. The maximum atomic E-state index is 13.5. The molecule has 2 fully saturated rings. The number of nitrogens with one attached hydrogen (secondary N) is 2. The van der Waals surface area contributed by atoms with E-state index in [1.807, 2.05) is 17.0 Å². The van der Waals surface area contributed by atoms with Crippen LogP contribution >= 0.6 is 0 Å². The summed E-state index contributed by atoms with van der Waals surface area (Å²) in [7, 11) is 1.59. The van der Waals surface area contributed by atoms with Gasteiger partial charge < -0.3 is 25.2 Å². The van der Waals surface area contributed by atoms with Crippen molar-refractivity contribution in [1.29, 1.82) is 0 Å². The molecule has 0 atom stereocenters. The van der Waals surface area contributed by atoms with Crippen molar-refractivity contribution in [3.8, 4) is 5.75 Å². The molecule has 1 aliphatic carbocycles. The van der Waals surface area contributed by atoms with Gasteiger partial charge in [-0.2, -0.15) is 0 Å². The lowest BCUT2D eigenvalue weighted by molar-refractivity contribution is -0.119. The molecule has 1 saturated heterocycles. The van der Waals surface area contributed by atoms with Gasteiger partial charge in [0.15, 0.2) is 0 Å². The Labute approximate surface area is 245 Å². The Balaban J connectivity index is 1.33. The van der Waals surface area contributed by atoms with Crippen molar-refractivity contribution in [2.45, 2.75) is 38.6 Å². The second-order valence-corrected chi connectivity index (χ2v) is 10.9. The molecule has 220 valence electrons. The van der Waals surface area contributed by atoms with Gasteiger partial charge in [-0.25, -0.2) is 4.39 Å². The van der Waals surface area contributed by atoms with E-state index in [9.17, 15) is 18.8 Å². The number of hydrogen-bond acceptors (Lipinski definition) is 5. The van der Waals surface area contributed by atoms with Crippen molar-refractivity contribution in [1.82, 2.24) is 10.2 Å². The average molecular weight is 573 g/mol. The van der Waals surface area contributed by atoms with Crippen molar-refractivity contribution >= 4 is 29.1 Å². The maximum Gasteiger partial charge on any atom is 0.253 e. The first kappa shape index (κ1) is 29.1. The average Bonchev–Trinajstić information content (AvgIpc) is 3.46. The Hall–Kier alpha value is -4.40. The molecular formula is C33H37FN4O4. The third kappa shape index (κ3) is 7.08. The third-order valence-electron chi connectivity index (χ3n) is 8.06. The lowest BCUT2D eigenvalue weighted by atomic mass is 10.1. The predicted octanol–water partition coefficient (Wildman–Crippen LogP) is 5.25. The SMILES string of the molecule is COc1ccc(C(=O)N2CCCN(c3ccc(NC(=O)C4CCCC4)cc3C(=O)NCc3ccc(F)cc3)CC2)cc1. The Kier molecular flexibility index (Phi) is 9.36. The van der Waals surface area contributed by atoms with Crippen molar-refractivity contribution in [2.24, 2.45) is 5.92 Å². The molecule has 3 aromatic rings. The summed E-state index contributed by atoms with van der Waals surface area (Å²) in [5, 5.41) is 5.96. The van der Waals surface area contributed by atoms with Crippen molar-refractivity contribution < 1.29 is 23.5 Å². The zero-order valence-electron chi connectivity index (χ0n) is 23.9. The quantitative estimate of drug-likeness (QED) is 0.385. The van der Waals surface area contributed by atoms with E-state index < -0.39 is 0 Å². The Morgan fingerprint density at radius 1 is 0.881 bits per heavy atom. The summed E-state index contributed by atoms with van der Waals surface area (Å²) in [6.45, 7) is 2.55. The van der Waals surface area contributed by atoms with Crippen molar-refractivity contribution in [3.05, 3.63) is 89.2 Å². The van der Waals surface area contributed by atoms with Crippen LogP contribution in [0.2, 0.25) is 0 Å². The Morgan fingerprint density at radius 3 is 2.33 bits per heavy atom. The number of amides is 3. The van der Waals surface area contributed by atoms with Gasteiger partial charge >= 0.3 is 0 Å². The van der Waals surface area contributed by atoms with E-state index in [4.69, 9.17) is 4.74 Å². The molecule has 0 aromatic heterocycles. The molecule has 42 heavy (non-hydrogen) atoms. The molecular weight excluding hydrogens is 535 g/mol. The zero-order chi connectivity index (χ0) is 29.5. The molecule has 2 N–H and O–H groups in total. The highest BCUT2D eigenvalue weighted by molar-refractivity contribution is 6.02. The van der Waals surface area contributed by atoms with Crippen LogP contribution in [0.4, 0.5) is 15.8 Å². The molecule has 9 heteroatoms. The van der Waals surface area contributed by atoms with Gasteiger partial charge in [0.05, 0.1) is 12.7 Å². The molecule has 3 amide bonds. The summed E-state index contributed by atoms with van der Waals surface area (Å²) in [6.07, 6.45) is 4.61. The second-order valence-electron chi connectivity index (χ2n) is 10.9. The minimum Gasteiger partial charge on any atom is -0.497 e. The van der Waals surface area contributed by atoms with E-state index >= 15 is 0 Å². The number of anilines is 2. The molecule has 1 saturated carbocycles. The molecule has 5 rings (SSSR count). The molecule has 0 spiro atoms. The molecule has 1 aliphatic heterocycles. The first-order valence-electron chi connectivity index (χ1n) is 14.6. The first-order valence-corrected chi connectivity index (χ1v) is 14.6. The number of rotatable bonds is 8. The van der Waals surface area contributed by atoms with Crippen molar-refractivity contribution in [3.63, 3.8) is 0 Å². The summed E-state index contributed by atoms with van der Waals surface area (Å²) in [4.78, 5) is 43.5. The molecule has 2 aliphatic rings. The van der Waals surface area contributed by atoms with Gasteiger partial charge in [0, 0.05) is 55.6 Å². The Bertz CT molecular complexity index is 1400. The topological polar surface area (TPSA) is 91.0 Å². The Morgan fingerprint density at radius 2 is 1.62 bits per heavy atom. The number of carbonyl (C=O) groups is 3. The largest absolute Gasteiger partial charge is 0.497 e. The highest BCUT2D eigenvalue weighted by Gasteiger charge is 2.26. The van der Waals surface area contributed by atoms with Gasteiger partial charge in [-0.15, -0.1) is 0 Å². The van der Waals surface area contributed by atoms with Gasteiger partial charge in [0.25, 0.3) is 11.8 Å². The molecule has 1 heterocycles. The number of nitrogens with zero attached hydrogens (tertiary/aromatic N) is 2. The van der Waals surface area contributed by atoms with E-state index in [1.54, 1.807) is 49.6 Å². The van der Waals surface area contributed by atoms with Crippen LogP contribution in [0.1, 0.15) is 58.4 Å². The number of hydrogen-bond donors (Lipinski definition) is 2. The first-order chi connectivity index (χ1) is 20.4. The fraction of sp³-hybridized carbons (Fsp3) is 0.364. The summed E-state index contributed by atoms with van der Waals surface area (Å²) < 4.78 is 18.6. The van der Waals surface area contributed by atoms with Crippen LogP contribution in [0.5, 0.6) is 5.75 Å². The maximum absolute atomic E-state index is 13.5. The van der Waals surface area contributed by atoms with Crippen molar-refractivity contribution in [2.75, 3.05) is 43.5 Å². The summed E-state index contributed by atoms with van der Waals surface area (Å²) in [6, 6.07) is 18.5. The molecule has 8 nitrogen and oxygen atoms in total. The number of ether oxygens (including phenoxy) is 1. The number of halogens is 1. The monoisotopic (exact) mass is 572 g/mol. The smallest absolute Gasteiger partial charge is 0.253 e.